The van der Waals surface area contributed by atoms with E-state index in [1.165, 1.54) is 6.07 Å². The van der Waals surface area contributed by atoms with Gasteiger partial charge in [-0.05, 0) is 87.0 Å². The van der Waals surface area contributed by atoms with Crippen molar-refractivity contribution in [2.24, 2.45) is 11.8 Å². The van der Waals surface area contributed by atoms with Gasteiger partial charge in [-0.1, -0.05) is 54.4 Å². The van der Waals surface area contributed by atoms with Crippen LogP contribution in [0.2, 0.25) is 18.1 Å². The van der Waals surface area contributed by atoms with Gasteiger partial charge >= 0.3 is 0 Å². The Morgan fingerprint density at radius 2 is 1.75 bits per heavy atom. The maximum Gasteiger partial charge on any atom is 0.265 e. The van der Waals surface area contributed by atoms with Gasteiger partial charge in [-0.2, -0.15) is 0 Å². The highest BCUT2D eigenvalue weighted by atomic mass is 28.4. The van der Waals surface area contributed by atoms with E-state index in [1.54, 1.807) is 6.92 Å². The molecule has 9 nitrogen and oxygen atoms in total. The fourth-order valence-corrected chi connectivity index (χ4v) is 8.75. The molecule has 5 rings (SSSR count). The van der Waals surface area contributed by atoms with Gasteiger partial charge in [-0.25, -0.2) is 4.39 Å². The predicted molar refractivity (Wildman–Crippen MR) is 184 cm³/mol. The summed E-state index contributed by atoms with van der Waals surface area (Å²) in [6, 6.07) is 0.883. The first-order valence-corrected chi connectivity index (χ1v) is 20.5. The number of halogens is 1. The number of ether oxygens (including phenoxy) is 2. The molecule has 3 aliphatic rings. The Bertz CT molecular complexity index is 1610. The van der Waals surface area contributed by atoms with Crippen molar-refractivity contribution < 1.29 is 37.5 Å². The Morgan fingerprint density at radius 1 is 1.10 bits per heavy atom. The third kappa shape index (κ3) is 5.73. The molecular weight excluding hydrogens is 631 g/mol. The maximum atomic E-state index is 15.7. The minimum absolute atomic E-state index is 0.0687. The second-order valence-corrected chi connectivity index (χ2v) is 20.0. The molecule has 48 heavy (non-hydrogen) atoms. The summed E-state index contributed by atoms with van der Waals surface area (Å²) in [5.74, 6) is -2.36. The quantitative estimate of drug-likeness (QED) is 0.174. The van der Waals surface area contributed by atoms with E-state index in [1.807, 2.05) is 40.9 Å². The number of nitrogens with zero attached hydrogens (tertiary/aromatic N) is 2. The van der Waals surface area contributed by atoms with E-state index in [4.69, 9.17) is 18.4 Å². The molecule has 0 fully saturated rings. The molecule has 11 heteroatoms. The Labute approximate surface area is 285 Å². The van der Waals surface area contributed by atoms with Crippen LogP contribution in [0.15, 0.2) is 21.9 Å². The fourth-order valence-electron chi connectivity index (χ4n) is 7.29. The molecule has 264 valence electrons. The van der Waals surface area contributed by atoms with E-state index >= 15 is 9.18 Å². The van der Waals surface area contributed by atoms with Crippen LogP contribution in [0.1, 0.15) is 117 Å². The molecule has 1 N–H and O–H groups in total. The first-order valence-electron chi connectivity index (χ1n) is 17.6. The number of ketones is 2. The van der Waals surface area contributed by atoms with Crippen molar-refractivity contribution in [2.45, 2.75) is 117 Å². The molecule has 4 atom stereocenters. The summed E-state index contributed by atoms with van der Waals surface area (Å²) < 4.78 is 41.0. The zero-order valence-electron chi connectivity index (χ0n) is 30.3. The normalized spacial score (nSPS) is 24.0. The molecular formula is C37H53FN2O7Si. The minimum Gasteiger partial charge on any atom is -0.508 e. The molecule has 2 aromatic rings. The van der Waals surface area contributed by atoms with Crippen molar-refractivity contribution in [3.63, 3.8) is 0 Å². The lowest BCUT2D eigenvalue weighted by Gasteiger charge is -2.55. The molecule has 0 unspecified atom stereocenters. The largest absolute Gasteiger partial charge is 0.508 e. The van der Waals surface area contributed by atoms with Crippen LogP contribution in [0.4, 0.5) is 4.39 Å². The van der Waals surface area contributed by atoms with Gasteiger partial charge in [0.2, 0.25) is 5.78 Å². The van der Waals surface area contributed by atoms with Gasteiger partial charge in [0.15, 0.2) is 25.5 Å². The van der Waals surface area contributed by atoms with Gasteiger partial charge in [-0.3, -0.25) is 14.5 Å². The van der Waals surface area contributed by atoms with Gasteiger partial charge < -0.3 is 23.5 Å². The minimum atomic E-state index is -2.84. The molecule has 0 radical (unpaired) electrons. The average Bonchev–Trinajstić information content (AvgIpc) is 3.43. The number of fused-ring (bicyclic) bond motifs is 4. The van der Waals surface area contributed by atoms with E-state index in [-0.39, 0.29) is 46.0 Å². The molecule has 0 amide bonds. The monoisotopic (exact) mass is 684 g/mol. The number of carbonyl (C=O) groups is 2. The van der Waals surface area contributed by atoms with Crippen LogP contribution in [0.3, 0.4) is 0 Å². The highest BCUT2D eigenvalue weighted by Gasteiger charge is 2.67. The van der Waals surface area contributed by atoms with Crippen molar-refractivity contribution >= 4 is 19.9 Å². The summed E-state index contributed by atoms with van der Waals surface area (Å²) in [5, 5.41) is 16.6. The van der Waals surface area contributed by atoms with Crippen molar-refractivity contribution in [3.8, 4) is 11.6 Å². The van der Waals surface area contributed by atoms with E-state index in [9.17, 15) is 9.90 Å². The number of aliphatic hydroxyl groups is 1. The number of Topliss-reactive ketones (excluding diaryl/α,β-unsaturated/α-hetero) is 2. The van der Waals surface area contributed by atoms with E-state index < -0.39 is 54.9 Å². The topological polar surface area (TPSA) is 111 Å². The van der Waals surface area contributed by atoms with E-state index in [0.29, 0.717) is 36.8 Å². The summed E-state index contributed by atoms with van der Waals surface area (Å²) in [7, 11) is -0.908. The van der Waals surface area contributed by atoms with Gasteiger partial charge in [0.05, 0.1) is 24.8 Å². The Hall–Kier alpha value is -3.02. The lowest BCUT2D eigenvalue weighted by atomic mass is 9.58. The summed E-state index contributed by atoms with van der Waals surface area (Å²) in [6.45, 7) is 19.4. The lowest BCUT2D eigenvalue weighted by Crippen LogP contribution is -2.65. The molecule has 1 aromatic carbocycles. The predicted octanol–water partition coefficient (Wildman–Crippen LogP) is 8.32. The van der Waals surface area contributed by atoms with Crippen molar-refractivity contribution in [2.75, 3.05) is 26.8 Å². The van der Waals surface area contributed by atoms with Crippen LogP contribution in [0.25, 0.3) is 0 Å². The van der Waals surface area contributed by atoms with Crippen LogP contribution in [-0.2, 0) is 10.8 Å². The fraction of sp³-hybridized carbons (Fsp3) is 0.649. The third-order valence-corrected chi connectivity index (χ3v) is 15.5. The first-order chi connectivity index (χ1) is 22.6. The van der Waals surface area contributed by atoms with Crippen molar-refractivity contribution in [1.29, 1.82) is 0 Å². The number of aliphatic hydroxyl groups excluding tert-OH is 1. The summed E-state index contributed by atoms with van der Waals surface area (Å²) in [5.41, 5.74) is -0.749. The van der Waals surface area contributed by atoms with Gasteiger partial charge in [0.25, 0.3) is 5.88 Å². The standard InChI is InChI=1S/C37H53FN2O7Si/c1-11-14-16-44-31-21(4)18-25(38)23-19-22-20-24-29(40(8)13-3)32-28(35(39-46-32)45-17-15-12-2)34(43)37(24,47-48(9,10)36(5,6)7)33(42)26(22)30(41)27(23)31/h18,22,24,29,42H,11-17,19-20H2,1-10H3/t22-,24-,29-,37-/m0/s1. The number of hydrogen-bond acceptors (Lipinski definition) is 9. The molecule has 1 heterocycles. The number of aryl methyl sites for hydroxylation is 1. The number of benzene rings is 1. The second-order valence-electron chi connectivity index (χ2n) is 15.3. The lowest BCUT2D eigenvalue weighted by molar-refractivity contribution is -0.0511. The number of hydrogen-bond donors (Lipinski definition) is 1. The molecule has 0 aliphatic heterocycles. The summed E-state index contributed by atoms with van der Waals surface area (Å²) in [6.07, 6.45) is 3.76. The zero-order chi connectivity index (χ0) is 35.3. The zero-order valence-corrected chi connectivity index (χ0v) is 31.3. The highest BCUT2D eigenvalue weighted by molar-refractivity contribution is 6.74. The Kier molecular flexibility index (Phi) is 10.1. The number of rotatable bonds is 12. The third-order valence-electron chi connectivity index (χ3n) is 11.1. The number of carbonyl (C=O) groups excluding carboxylic acids is 2. The summed E-state index contributed by atoms with van der Waals surface area (Å²) in [4.78, 5) is 32.0. The van der Waals surface area contributed by atoms with Gasteiger partial charge in [0, 0.05) is 17.1 Å². The Morgan fingerprint density at radius 3 is 2.35 bits per heavy atom. The molecule has 3 aliphatic carbocycles. The first kappa shape index (κ1) is 36.3. The maximum absolute atomic E-state index is 15.7. The van der Waals surface area contributed by atoms with Crippen LogP contribution in [0, 0.1) is 24.6 Å². The highest BCUT2D eigenvalue weighted by Crippen LogP contribution is 2.60. The van der Waals surface area contributed by atoms with Crippen molar-refractivity contribution in [1.82, 2.24) is 10.1 Å². The van der Waals surface area contributed by atoms with E-state index in [0.717, 1.165) is 25.7 Å². The summed E-state index contributed by atoms with van der Waals surface area (Å²) >= 11 is 0. The van der Waals surface area contributed by atoms with Gasteiger partial charge in [0.1, 0.15) is 22.9 Å². The second kappa shape index (κ2) is 13.4. The molecule has 0 saturated heterocycles. The van der Waals surface area contributed by atoms with Crippen LogP contribution in [-0.4, -0.2) is 67.5 Å². The van der Waals surface area contributed by atoms with Gasteiger partial charge in [-0.15, -0.1) is 0 Å². The average molecular weight is 685 g/mol. The van der Waals surface area contributed by atoms with Crippen LogP contribution >= 0.6 is 0 Å². The smallest absolute Gasteiger partial charge is 0.265 e. The Balaban J connectivity index is 1.80. The molecule has 0 spiro atoms. The SMILES string of the molecule is CCCCOc1noc2c1C(=O)[C@@]1(O[Si](C)(C)C(C)(C)C)C(O)=C3C(=O)c4c(c(F)cc(C)c4OCCCC)C[C@H]3C[C@H]1[C@@H]2N(C)CC. The van der Waals surface area contributed by atoms with Crippen LogP contribution in [0.5, 0.6) is 11.6 Å². The van der Waals surface area contributed by atoms with Crippen LogP contribution < -0.4 is 9.47 Å². The molecule has 0 saturated carbocycles. The molecule has 0 bridgehead atoms. The number of aromatic nitrogens is 1. The van der Waals surface area contributed by atoms with E-state index in [2.05, 4.69) is 30.8 Å². The van der Waals surface area contributed by atoms with Crippen molar-refractivity contribution in [3.05, 3.63) is 51.2 Å². The molecule has 1 aromatic heterocycles. The number of allylic oxidation sites excluding steroid dienone is 1. The number of unbranched alkanes of at least 4 members (excludes halogenated alkanes) is 2.